The molecule has 1 atom stereocenters. The van der Waals surface area contributed by atoms with E-state index in [-0.39, 0.29) is 5.91 Å². The lowest BCUT2D eigenvalue weighted by Crippen LogP contribution is -2.20. The molecule has 0 aliphatic heterocycles. The van der Waals surface area contributed by atoms with E-state index in [0.29, 0.717) is 11.3 Å². The van der Waals surface area contributed by atoms with E-state index < -0.39 is 5.38 Å². The number of hydrogen-bond acceptors (Lipinski definition) is 2. The highest BCUT2D eigenvalue weighted by Gasteiger charge is 2.10. The van der Waals surface area contributed by atoms with Gasteiger partial charge in [0.05, 0.1) is 11.3 Å². The van der Waals surface area contributed by atoms with Crippen LogP contribution >= 0.6 is 11.6 Å². The van der Waals surface area contributed by atoms with Gasteiger partial charge in [-0.25, -0.2) is 0 Å². The molecule has 0 aliphatic rings. The van der Waals surface area contributed by atoms with Gasteiger partial charge < -0.3 is 5.32 Å². The number of carbonyl (C=O) groups excluding carboxylic acids is 1. The molecule has 1 aromatic rings. The number of nitrogens with one attached hydrogen (secondary N) is 1. The summed E-state index contributed by atoms with van der Waals surface area (Å²) in [6.45, 7) is 1.58. The van der Waals surface area contributed by atoms with Crippen LogP contribution in [0.15, 0.2) is 24.3 Å². The molecule has 0 saturated heterocycles. The molecular formula is C10H9ClN2O. The molecule has 0 spiro atoms. The Hall–Kier alpha value is -1.53. The van der Waals surface area contributed by atoms with E-state index in [1.807, 2.05) is 6.07 Å². The van der Waals surface area contributed by atoms with Crippen LogP contribution in [0.5, 0.6) is 0 Å². The smallest absolute Gasteiger partial charge is 0.242 e. The maximum absolute atomic E-state index is 11.2. The molecule has 0 fully saturated rings. The molecule has 0 aromatic heterocycles. The van der Waals surface area contributed by atoms with Gasteiger partial charge in [-0.15, -0.1) is 11.6 Å². The number of para-hydroxylation sites is 1. The average Bonchev–Trinajstić information content (AvgIpc) is 2.18. The predicted octanol–water partition coefficient (Wildman–Crippen LogP) is 2.12. The van der Waals surface area contributed by atoms with Gasteiger partial charge in [-0.1, -0.05) is 12.1 Å². The van der Waals surface area contributed by atoms with Gasteiger partial charge in [-0.2, -0.15) is 5.26 Å². The van der Waals surface area contributed by atoms with Crippen LogP contribution in [0.2, 0.25) is 0 Å². The van der Waals surface area contributed by atoms with Crippen LogP contribution in [0, 0.1) is 11.3 Å². The highest BCUT2D eigenvalue weighted by molar-refractivity contribution is 6.32. The minimum Gasteiger partial charge on any atom is -0.324 e. The Balaban J connectivity index is 2.87. The van der Waals surface area contributed by atoms with Crippen LogP contribution in [-0.2, 0) is 4.79 Å². The van der Waals surface area contributed by atoms with Gasteiger partial charge in [0.25, 0.3) is 0 Å². The molecule has 1 aromatic carbocycles. The second-order valence-corrected chi connectivity index (χ2v) is 3.42. The Labute approximate surface area is 87.3 Å². The Morgan fingerprint density at radius 3 is 2.79 bits per heavy atom. The summed E-state index contributed by atoms with van der Waals surface area (Å²) in [7, 11) is 0. The monoisotopic (exact) mass is 208 g/mol. The number of halogens is 1. The van der Waals surface area contributed by atoms with E-state index in [9.17, 15) is 4.79 Å². The van der Waals surface area contributed by atoms with Crippen molar-refractivity contribution in [1.29, 1.82) is 5.26 Å². The summed E-state index contributed by atoms with van der Waals surface area (Å²) >= 11 is 5.58. The Morgan fingerprint density at radius 2 is 2.21 bits per heavy atom. The lowest BCUT2D eigenvalue weighted by atomic mass is 10.2. The minimum atomic E-state index is -0.609. The summed E-state index contributed by atoms with van der Waals surface area (Å²) in [5, 5.41) is 10.7. The lowest BCUT2D eigenvalue weighted by molar-refractivity contribution is -0.115. The second-order valence-electron chi connectivity index (χ2n) is 2.76. The van der Waals surface area contributed by atoms with Crippen LogP contribution in [0.4, 0.5) is 5.69 Å². The molecule has 14 heavy (non-hydrogen) atoms. The zero-order chi connectivity index (χ0) is 10.6. The first kappa shape index (κ1) is 10.6. The topological polar surface area (TPSA) is 52.9 Å². The zero-order valence-electron chi connectivity index (χ0n) is 7.62. The van der Waals surface area contributed by atoms with Crippen molar-refractivity contribution in [1.82, 2.24) is 0 Å². The van der Waals surface area contributed by atoms with E-state index in [1.165, 1.54) is 0 Å². The van der Waals surface area contributed by atoms with Gasteiger partial charge >= 0.3 is 0 Å². The summed E-state index contributed by atoms with van der Waals surface area (Å²) in [6, 6.07) is 8.76. The van der Waals surface area contributed by atoms with E-state index in [2.05, 4.69) is 5.32 Å². The number of rotatable bonds is 2. The maximum atomic E-state index is 11.2. The van der Waals surface area contributed by atoms with Crippen molar-refractivity contribution in [2.45, 2.75) is 12.3 Å². The van der Waals surface area contributed by atoms with E-state index in [1.54, 1.807) is 31.2 Å². The minimum absolute atomic E-state index is 0.311. The van der Waals surface area contributed by atoms with Crippen molar-refractivity contribution in [3.8, 4) is 6.07 Å². The first-order valence-corrected chi connectivity index (χ1v) is 4.53. The molecule has 0 saturated carbocycles. The molecule has 0 heterocycles. The average molecular weight is 209 g/mol. The summed E-state index contributed by atoms with van der Waals surface area (Å²) < 4.78 is 0. The molecule has 4 heteroatoms. The van der Waals surface area contributed by atoms with Crippen molar-refractivity contribution in [3.05, 3.63) is 29.8 Å². The third kappa shape index (κ3) is 2.48. The number of nitrogens with zero attached hydrogens (tertiary/aromatic N) is 1. The fraction of sp³-hybridized carbons (Fsp3) is 0.200. The fourth-order valence-electron chi connectivity index (χ4n) is 0.922. The van der Waals surface area contributed by atoms with Crippen molar-refractivity contribution >= 4 is 23.2 Å². The van der Waals surface area contributed by atoms with E-state index in [4.69, 9.17) is 16.9 Å². The van der Waals surface area contributed by atoms with Crippen molar-refractivity contribution in [3.63, 3.8) is 0 Å². The fourth-order valence-corrected chi connectivity index (χ4v) is 0.976. The molecule has 0 radical (unpaired) electrons. The molecule has 1 N–H and O–H groups in total. The Morgan fingerprint density at radius 1 is 1.57 bits per heavy atom. The largest absolute Gasteiger partial charge is 0.324 e. The third-order valence-electron chi connectivity index (χ3n) is 1.67. The number of benzene rings is 1. The van der Waals surface area contributed by atoms with Crippen molar-refractivity contribution in [2.75, 3.05) is 5.32 Å². The number of nitriles is 1. The number of alkyl halides is 1. The summed E-state index contributed by atoms with van der Waals surface area (Å²) in [4.78, 5) is 11.2. The Bertz CT molecular complexity index is 382. The quantitative estimate of drug-likeness (QED) is 0.757. The highest BCUT2D eigenvalue weighted by Crippen LogP contribution is 2.14. The van der Waals surface area contributed by atoms with Crippen LogP contribution in [0.1, 0.15) is 12.5 Å². The van der Waals surface area contributed by atoms with Crippen LogP contribution in [-0.4, -0.2) is 11.3 Å². The Kier molecular flexibility index (Phi) is 3.49. The zero-order valence-corrected chi connectivity index (χ0v) is 8.38. The summed E-state index contributed by atoms with van der Waals surface area (Å²) in [5.41, 5.74) is 0.922. The van der Waals surface area contributed by atoms with Gasteiger partial charge in [-0.05, 0) is 19.1 Å². The molecular weight excluding hydrogens is 200 g/mol. The summed E-state index contributed by atoms with van der Waals surface area (Å²) in [6.07, 6.45) is 0. The summed E-state index contributed by atoms with van der Waals surface area (Å²) in [5.74, 6) is -0.311. The molecule has 1 rings (SSSR count). The number of anilines is 1. The third-order valence-corrected chi connectivity index (χ3v) is 1.86. The number of carbonyl (C=O) groups is 1. The van der Waals surface area contributed by atoms with Crippen LogP contribution < -0.4 is 5.32 Å². The number of hydrogen-bond donors (Lipinski definition) is 1. The maximum Gasteiger partial charge on any atom is 0.242 e. The van der Waals surface area contributed by atoms with Crippen LogP contribution in [0.25, 0.3) is 0 Å². The molecule has 1 amide bonds. The molecule has 0 unspecified atom stereocenters. The lowest BCUT2D eigenvalue weighted by Gasteiger charge is -2.07. The van der Waals surface area contributed by atoms with Gasteiger partial charge in [0.2, 0.25) is 5.91 Å². The molecule has 72 valence electrons. The molecule has 0 aliphatic carbocycles. The van der Waals surface area contributed by atoms with Crippen LogP contribution in [0.3, 0.4) is 0 Å². The standard InChI is InChI=1S/C10H9ClN2O/c1-7(11)10(14)13-9-5-3-2-4-8(9)6-12/h2-5,7H,1H3,(H,13,14)/t7-/m0/s1. The second kappa shape index (κ2) is 4.64. The van der Waals surface area contributed by atoms with Gasteiger partial charge in [0.1, 0.15) is 11.4 Å². The number of amides is 1. The molecule has 3 nitrogen and oxygen atoms in total. The SMILES string of the molecule is C[C@H](Cl)C(=O)Nc1ccccc1C#N. The molecule has 0 bridgehead atoms. The highest BCUT2D eigenvalue weighted by atomic mass is 35.5. The first-order chi connectivity index (χ1) is 6.65. The van der Waals surface area contributed by atoms with Crippen molar-refractivity contribution in [2.24, 2.45) is 0 Å². The van der Waals surface area contributed by atoms with Gasteiger partial charge in [-0.3, -0.25) is 4.79 Å². The first-order valence-electron chi connectivity index (χ1n) is 4.09. The van der Waals surface area contributed by atoms with E-state index >= 15 is 0 Å². The van der Waals surface area contributed by atoms with Crippen molar-refractivity contribution < 1.29 is 4.79 Å². The van der Waals surface area contributed by atoms with Gasteiger partial charge in [0.15, 0.2) is 0 Å². The predicted molar refractivity (Wildman–Crippen MR) is 55.1 cm³/mol. The van der Waals surface area contributed by atoms with Gasteiger partial charge in [0, 0.05) is 0 Å². The van der Waals surface area contributed by atoms with E-state index in [0.717, 1.165) is 0 Å². The normalized spacial score (nSPS) is 11.5.